The third-order valence-corrected chi connectivity index (χ3v) is 6.67. The van der Waals surface area contributed by atoms with E-state index in [2.05, 4.69) is 0 Å². The Balaban J connectivity index is 1.31. The summed E-state index contributed by atoms with van der Waals surface area (Å²) in [6.07, 6.45) is 0. The summed E-state index contributed by atoms with van der Waals surface area (Å²) < 4.78 is 5.83. The highest BCUT2D eigenvalue weighted by molar-refractivity contribution is 7.12. The van der Waals surface area contributed by atoms with Crippen LogP contribution in [-0.4, -0.2) is 47.8 Å². The minimum absolute atomic E-state index is 0.0278. The Bertz CT molecular complexity index is 989. The zero-order chi connectivity index (χ0) is 20.2. The number of amides is 2. The van der Waals surface area contributed by atoms with Gasteiger partial charge in [0.15, 0.2) is 0 Å². The number of hydrogen-bond acceptors (Lipinski definition) is 5. The molecule has 2 amide bonds. The summed E-state index contributed by atoms with van der Waals surface area (Å²) in [6, 6.07) is 13.6. The third kappa shape index (κ3) is 4.68. The molecular weight excluding hydrogens is 404 g/mol. The van der Waals surface area contributed by atoms with Gasteiger partial charge in [0.25, 0.3) is 11.8 Å². The number of carbonyl (C=O) groups is 2. The second kappa shape index (κ2) is 8.80. The Morgan fingerprint density at radius 3 is 2.31 bits per heavy atom. The van der Waals surface area contributed by atoms with Crippen molar-refractivity contribution in [3.63, 3.8) is 0 Å². The number of hydrogen-bond donors (Lipinski definition) is 0. The third-order valence-electron chi connectivity index (χ3n) is 4.85. The number of aryl methyl sites for hydroxylation is 1. The van der Waals surface area contributed by atoms with E-state index in [-0.39, 0.29) is 11.8 Å². The minimum atomic E-state index is 0.0278. The summed E-state index contributed by atoms with van der Waals surface area (Å²) in [4.78, 5) is 30.4. The fourth-order valence-corrected chi connectivity index (χ4v) is 4.81. The van der Waals surface area contributed by atoms with Crippen molar-refractivity contribution in [3.05, 3.63) is 74.1 Å². The first-order valence-electron chi connectivity index (χ1n) is 9.49. The van der Waals surface area contributed by atoms with Crippen molar-refractivity contribution in [1.82, 2.24) is 9.80 Å². The van der Waals surface area contributed by atoms with Gasteiger partial charge in [-0.05, 0) is 47.5 Å². The lowest BCUT2D eigenvalue weighted by Gasteiger charge is -2.34. The molecule has 0 unspecified atom stereocenters. The van der Waals surface area contributed by atoms with Crippen LogP contribution in [0, 0.1) is 6.92 Å². The van der Waals surface area contributed by atoms with Crippen LogP contribution in [0.25, 0.3) is 0 Å². The van der Waals surface area contributed by atoms with Crippen LogP contribution in [0.4, 0.5) is 0 Å². The Hall–Kier alpha value is -2.64. The Morgan fingerprint density at radius 1 is 0.931 bits per heavy atom. The molecule has 5 nitrogen and oxygen atoms in total. The summed E-state index contributed by atoms with van der Waals surface area (Å²) in [5.74, 6) is 0.912. The van der Waals surface area contributed by atoms with Gasteiger partial charge in [-0.3, -0.25) is 9.59 Å². The second-order valence-electron chi connectivity index (χ2n) is 6.99. The number of rotatable bonds is 5. The molecule has 3 heterocycles. The highest BCUT2D eigenvalue weighted by Crippen LogP contribution is 2.21. The molecule has 0 spiro atoms. The van der Waals surface area contributed by atoms with E-state index in [1.165, 1.54) is 22.7 Å². The zero-order valence-electron chi connectivity index (χ0n) is 16.2. The minimum Gasteiger partial charge on any atom is -0.489 e. The van der Waals surface area contributed by atoms with Crippen molar-refractivity contribution in [1.29, 1.82) is 0 Å². The molecule has 0 N–H and O–H groups in total. The maximum Gasteiger partial charge on any atom is 0.264 e. The van der Waals surface area contributed by atoms with E-state index in [4.69, 9.17) is 4.74 Å². The van der Waals surface area contributed by atoms with Crippen molar-refractivity contribution in [2.45, 2.75) is 13.5 Å². The zero-order valence-corrected chi connectivity index (χ0v) is 17.8. The summed E-state index contributed by atoms with van der Waals surface area (Å²) >= 11 is 2.90. The highest BCUT2D eigenvalue weighted by atomic mass is 32.1. The van der Waals surface area contributed by atoms with Crippen molar-refractivity contribution in [2.24, 2.45) is 0 Å². The molecule has 1 aliphatic rings. The summed E-state index contributed by atoms with van der Waals surface area (Å²) in [5, 5.41) is 3.88. The van der Waals surface area contributed by atoms with Crippen LogP contribution in [0.3, 0.4) is 0 Å². The Kier molecular flexibility index (Phi) is 5.97. The molecule has 0 radical (unpaired) electrons. The predicted molar refractivity (Wildman–Crippen MR) is 116 cm³/mol. The van der Waals surface area contributed by atoms with Gasteiger partial charge in [-0.2, -0.15) is 0 Å². The predicted octanol–water partition coefficient (Wildman–Crippen LogP) is 4.30. The highest BCUT2D eigenvalue weighted by Gasteiger charge is 2.26. The summed E-state index contributed by atoms with van der Waals surface area (Å²) in [7, 11) is 0. The topological polar surface area (TPSA) is 49.9 Å². The molecule has 29 heavy (non-hydrogen) atoms. The molecule has 1 aliphatic heterocycles. The molecule has 0 atom stereocenters. The van der Waals surface area contributed by atoms with Gasteiger partial charge in [0.1, 0.15) is 12.4 Å². The quantitative estimate of drug-likeness (QED) is 0.611. The number of nitrogens with zero attached hydrogens (tertiary/aromatic N) is 2. The SMILES string of the molecule is Cc1cccc(OCc2csc(C(=O)N3CCN(C(=O)c4cccs4)CC3)c2)c1. The van der Waals surface area contributed by atoms with Crippen LogP contribution in [0.1, 0.15) is 30.5 Å². The van der Waals surface area contributed by atoms with Gasteiger partial charge >= 0.3 is 0 Å². The Morgan fingerprint density at radius 2 is 1.66 bits per heavy atom. The number of carbonyl (C=O) groups excluding carboxylic acids is 2. The van der Waals surface area contributed by atoms with Crippen LogP contribution in [0.5, 0.6) is 5.75 Å². The molecule has 1 fully saturated rings. The second-order valence-corrected chi connectivity index (χ2v) is 8.85. The maximum atomic E-state index is 12.8. The average molecular weight is 427 g/mol. The molecule has 0 aliphatic carbocycles. The van der Waals surface area contributed by atoms with Gasteiger partial charge in [-0.15, -0.1) is 22.7 Å². The largest absolute Gasteiger partial charge is 0.489 e. The van der Waals surface area contributed by atoms with Crippen molar-refractivity contribution < 1.29 is 14.3 Å². The molecule has 4 rings (SSSR count). The number of benzene rings is 1. The van der Waals surface area contributed by atoms with E-state index >= 15 is 0 Å². The van der Waals surface area contributed by atoms with Gasteiger partial charge in [0, 0.05) is 31.7 Å². The first-order valence-corrected chi connectivity index (χ1v) is 11.2. The molecule has 150 valence electrons. The average Bonchev–Trinajstić information content (AvgIpc) is 3.44. The van der Waals surface area contributed by atoms with E-state index in [0.717, 1.165) is 21.8 Å². The first kappa shape index (κ1) is 19.7. The fourth-order valence-electron chi connectivity index (χ4n) is 3.26. The molecule has 7 heteroatoms. The van der Waals surface area contributed by atoms with Crippen molar-refractivity contribution in [2.75, 3.05) is 26.2 Å². The van der Waals surface area contributed by atoms with Gasteiger partial charge in [-0.25, -0.2) is 0 Å². The van der Waals surface area contributed by atoms with Crippen molar-refractivity contribution >= 4 is 34.5 Å². The van der Waals surface area contributed by atoms with Crippen LogP contribution >= 0.6 is 22.7 Å². The normalized spacial score (nSPS) is 14.1. The molecule has 1 saturated heterocycles. The van der Waals surface area contributed by atoms with E-state index < -0.39 is 0 Å². The fraction of sp³-hybridized carbons (Fsp3) is 0.273. The lowest BCUT2D eigenvalue weighted by Crippen LogP contribution is -2.50. The molecule has 0 saturated carbocycles. The van der Waals surface area contributed by atoms with E-state index in [1.54, 1.807) is 0 Å². The number of thiophene rings is 2. The molecule has 2 aromatic heterocycles. The number of ether oxygens (including phenoxy) is 1. The lowest BCUT2D eigenvalue weighted by molar-refractivity contribution is 0.0540. The molecular formula is C22H22N2O3S2. The van der Waals surface area contributed by atoms with Gasteiger partial charge in [-0.1, -0.05) is 18.2 Å². The monoisotopic (exact) mass is 426 g/mol. The smallest absolute Gasteiger partial charge is 0.264 e. The maximum absolute atomic E-state index is 12.8. The van der Waals surface area contributed by atoms with Gasteiger partial charge in [0.2, 0.25) is 0 Å². The molecule has 0 bridgehead atoms. The van der Waals surface area contributed by atoms with Crippen molar-refractivity contribution in [3.8, 4) is 5.75 Å². The molecule has 3 aromatic rings. The lowest BCUT2D eigenvalue weighted by atomic mass is 10.2. The number of piperazine rings is 1. The van der Waals surface area contributed by atoms with E-state index in [1.807, 2.05) is 69.9 Å². The van der Waals surface area contributed by atoms with Crippen LogP contribution in [0.15, 0.2) is 53.2 Å². The first-order chi connectivity index (χ1) is 14.1. The summed E-state index contributed by atoms with van der Waals surface area (Å²) in [6.45, 7) is 4.72. The van der Waals surface area contributed by atoms with E-state index in [0.29, 0.717) is 37.7 Å². The van der Waals surface area contributed by atoms with Crippen LogP contribution in [0.2, 0.25) is 0 Å². The van der Waals surface area contributed by atoms with Gasteiger partial charge < -0.3 is 14.5 Å². The molecule has 1 aromatic carbocycles. The van der Waals surface area contributed by atoms with Gasteiger partial charge in [0.05, 0.1) is 9.75 Å². The standard InChI is InChI=1S/C22H22N2O3S2/c1-16-4-2-5-18(12-16)27-14-17-13-20(29-15-17)22(26)24-9-7-23(8-10-24)21(25)19-6-3-11-28-19/h2-6,11-13,15H,7-10,14H2,1H3. The Labute approximate surface area is 178 Å². The van der Waals surface area contributed by atoms with Crippen LogP contribution < -0.4 is 4.74 Å². The van der Waals surface area contributed by atoms with E-state index in [9.17, 15) is 9.59 Å². The van der Waals surface area contributed by atoms with Crippen LogP contribution in [-0.2, 0) is 6.61 Å². The summed E-state index contributed by atoms with van der Waals surface area (Å²) in [5.41, 5.74) is 2.15.